The molecule has 0 N–H and O–H groups in total. The van der Waals surface area contributed by atoms with E-state index >= 15 is 0 Å². The zero-order chi connectivity index (χ0) is 20.9. The Balaban J connectivity index is 1.37. The van der Waals surface area contributed by atoms with Gasteiger partial charge in [-0.2, -0.15) is 0 Å². The predicted molar refractivity (Wildman–Crippen MR) is 127 cm³/mol. The van der Waals surface area contributed by atoms with Crippen molar-refractivity contribution in [2.24, 2.45) is 0 Å². The fourth-order valence-corrected chi connectivity index (χ4v) is 4.20. The van der Waals surface area contributed by atoms with Crippen molar-refractivity contribution in [1.29, 1.82) is 0 Å². The van der Waals surface area contributed by atoms with Gasteiger partial charge in [0.05, 0.1) is 0 Å². The molecule has 0 aliphatic carbocycles. The first-order valence-corrected chi connectivity index (χ1v) is 10.8. The SMILES string of the molecule is c1ccc(-c2cc(CN3CCN(c4ncccn4)CC3)cc(-c3ccccc3)c2)cc1. The average Bonchev–Trinajstić information content (AvgIpc) is 2.86. The normalized spacial score (nSPS) is 14.5. The van der Waals surface area contributed by atoms with E-state index in [1.807, 2.05) is 18.5 Å². The first-order chi connectivity index (χ1) is 15.3. The molecule has 0 bridgehead atoms. The second-order valence-corrected chi connectivity index (χ2v) is 7.96. The van der Waals surface area contributed by atoms with Crippen molar-refractivity contribution in [3.05, 3.63) is 103 Å². The Morgan fingerprint density at radius 1 is 0.581 bits per heavy atom. The maximum Gasteiger partial charge on any atom is 0.225 e. The Morgan fingerprint density at radius 3 is 1.68 bits per heavy atom. The molecule has 0 unspecified atom stereocenters. The number of nitrogens with zero attached hydrogens (tertiary/aromatic N) is 4. The summed E-state index contributed by atoms with van der Waals surface area (Å²) < 4.78 is 0. The highest BCUT2D eigenvalue weighted by Gasteiger charge is 2.19. The van der Waals surface area contributed by atoms with Crippen molar-refractivity contribution < 1.29 is 0 Å². The van der Waals surface area contributed by atoms with Crippen molar-refractivity contribution in [3.8, 4) is 22.3 Å². The zero-order valence-electron chi connectivity index (χ0n) is 17.6. The summed E-state index contributed by atoms with van der Waals surface area (Å²) in [5.74, 6) is 0.833. The molecule has 5 rings (SSSR count). The Bertz CT molecular complexity index is 1050. The molecule has 0 saturated carbocycles. The highest BCUT2D eigenvalue weighted by Crippen LogP contribution is 2.29. The highest BCUT2D eigenvalue weighted by molar-refractivity contribution is 5.74. The van der Waals surface area contributed by atoms with Crippen LogP contribution in [-0.2, 0) is 6.54 Å². The Morgan fingerprint density at radius 2 is 1.13 bits per heavy atom. The van der Waals surface area contributed by atoms with Crippen LogP contribution in [0.2, 0.25) is 0 Å². The van der Waals surface area contributed by atoms with Crippen LogP contribution in [0.25, 0.3) is 22.3 Å². The molecule has 1 fully saturated rings. The van der Waals surface area contributed by atoms with Gasteiger partial charge < -0.3 is 4.90 Å². The van der Waals surface area contributed by atoms with Crippen molar-refractivity contribution >= 4 is 5.95 Å². The second kappa shape index (κ2) is 9.11. The van der Waals surface area contributed by atoms with Crippen molar-refractivity contribution in [3.63, 3.8) is 0 Å². The predicted octanol–water partition coefficient (Wildman–Crippen LogP) is 5.13. The maximum absolute atomic E-state index is 4.40. The Hall–Kier alpha value is -3.50. The lowest BCUT2D eigenvalue weighted by Gasteiger charge is -2.34. The van der Waals surface area contributed by atoms with E-state index in [-0.39, 0.29) is 0 Å². The average molecular weight is 407 g/mol. The summed E-state index contributed by atoms with van der Waals surface area (Å²) in [4.78, 5) is 13.6. The van der Waals surface area contributed by atoms with Gasteiger partial charge in [0, 0.05) is 45.1 Å². The minimum Gasteiger partial charge on any atom is -0.338 e. The van der Waals surface area contributed by atoms with Crippen LogP contribution in [-0.4, -0.2) is 41.0 Å². The van der Waals surface area contributed by atoms with Gasteiger partial charge in [-0.25, -0.2) is 9.97 Å². The Labute approximate surface area is 183 Å². The van der Waals surface area contributed by atoms with E-state index in [0.29, 0.717) is 0 Å². The second-order valence-electron chi connectivity index (χ2n) is 7.96. The largest absolute Gasteiger partial charge is 0.338 e. The van der Waals surface area contributed by atoms with Crippen molar-refractivity contribution in [2.45, 2.75) is 6.54 Å². The maximum atomic E-state index is 4.40. The molecule has 154 valence electrons. The molecule has 1 aliphatic heterocycles. The fraction of sp³-hybridized carbons (Fsp3) is 0.185. The number of anilines is 1. The first-order valence-electron chi connectivity index (χ1n) is 10.8. The lowest BCUT2D eigenvalue weighted by Crippen LogP contribution is -2.46. The molecule has 2 heterocycles. The van der Waals surface area contributed by atoms with Gasteiger partial charge in [0.15, 0.2) is 0 Å². The first kappa shape index (κ1) is 19.5. The van der Waals surface area contributed by atoms with Crippen LogP contribution >= 0.6 is 0 Å². The summed E-state index contributed by atoms with van der Waals surface area (Å²) in [5.41, 5.74) is 6.41. The van der Waals surface area contributed by atoms with E-state index in [4.69, 9.17) is 0 Å². The molecule has 1 aliphatic rings. The number of hydrogen-bond donors (Lipinski definition) is 0. The van der Waals surface area contributed by atoms with Gasteiger partial charge >= 0.3 is 0 Å². The Kier molecular flexibility index (Phi) is 5.72. The van der Waals surface area contributed by atoms with E-state index in [9.17, 15) is 0 Å². The number of piperazine rings is 1. The van der Waals surface area contributed by atoms with Gasteiger partial charge in [-0.1, -0.05) is 60.7 Å². The van der Waals surface area contributed by atoms with Crippen LogP contribution in [0.1, 0.15) is 5.56 Å². The van der Waals surface area contributed by atoms with Crippen LogP contribution in [0, 0.1) is 0 Å². The summed E-state index contributed by atoms with van der Waals surface area (Å²) in [6, 6.07) is 30.2. The number of aromatic nitrogens is 2. The van der Waals surface area contributed by atoms with Gasteiger partial charge in [-0.05, 0) is 52.1 Å². The van der Waals surface area contributed by atoms with Crippen LogP contribution < -0.4 is 4.90 Å². The molecule has 4 aromatic rings. The van der Waals surface area contributed by atoms with Crippen LogP contribution in [0.4, 0.5) is 5.95 Å². The quantitative estimate of drug-likeness (QED) is 0.460. The lowest BCUT2D eigenvalue weighted by molar-refractivity contribution is 0.249. The number of hydrogen-bond acceptors (Lipinski definition) is 4. The molecule has 0 radical (unpaired) electrons. The molecular weight excluding hydrogens is 380 g/mol. The molecule has 0 amide bonds. The molecule has 1 aromatic heterocycles. The third kappa shape index (κ3) is 4.65. The topological polar surface area (TPSA) is 32.3 Å². The summed E-state index contributed by atoms with van der Waals surface area (Å²) in [5, 5.41) is 0. The van der Waals surface area contributed by atoms with Gasteiger partial charge in [-0.3, -0.25) is 4.90 Å². The van der Waals surface area contributed by atoms with E-state index in [0.717, 1.165) is 38.7 Å². The summed E-state index contributed by atoms with van der Waals surface area (Å²) in [6.45, 7) is 4.87. The van der Waals surface area contributed by atoms with Gasteiger partial charge in [0.25, 0.3) is 0 Å². The number of benzene rings is 3. The summed E-state index contributed by atoms with van der Waals surface area (Å²) in [7, 11) is 0. The minimum absolute atomic E-state index is 0.833. The third-order valence-corrected chi connectivity index (χ3v) is 5.82. The molecule has 4 nitrogen and oxygen atoms in total. The van der Waals surface area contributed by atoms with Gasteiger partial charge in [-0.15, -0.1) is 0 Å². The lowest BCUT2D eigenvalue weighted by atomic mass is 9.96. The van der Waals surface area contributed by atoms with E-state index < -0.39 is 0 Å². The standard InChI is InChI=1S/C27H26N4/c1-3-8-23(9-4-1)25-18-22(19-26(20-25)24-10-5-2-6-11-24)21-30-14-16-31(17-15-30)27-28-12-7-13-29-27/h1-13,18-20H,14-17,21H2. The van der Waals surface area contributed by atoms with E-state index in [2.05, 4.69) is 98.6 Å². The zero-order valence-corrected chi connectivity index (χ0v) is 17.6. The monoisotopic (exact) mass is 406 g/mol. The molecular formula is C27H26N4. The molecule has 0 atom stereocenters. The molecule has 31 heavy (non-hydrogen) atoms. The van der Waals surface area contributed by atoms with E-state index in [1.54, 1.807) is 0 Å². The third-order valence-electron chi connectivity index (χ3n) is 5.82. The van der Waals surface area contributed by atoms with Crippen molar-refractivity contribution in [1.82, 2.24) is 14.9 Å². The van der Waals surface area contributed by atoms with E-state index in [1.165, 1.54) is 27.8 Å². The smallest absolute Gasteiger partial charge is 0.225 e. The summed E-state index contributed by atoms with van der Waals surface area (Å²) in [6.07, 6.45) is 3.63. The summed E-state index contributed by atoms with van der Waals surface area (Å²) >= 11 is 0. The number of rotatable bonds is 5. The van der Waals surface area contributed by atoms with Gasteiger partial charge in [0.1, 0.15) is 0 Å². The minimum atomic E-state index is 0.833. The van der Waals surface area contributed by atoms with Gasteiger partial charge in [0.2, 0.25) is 5.95 Å². The van der Waals surface area contributed by atoms with Crippen LogP contribution in [0.5, 0.6) is 0 Å². The molecule has 4 heteroatoms. The molecule has 3 aromatic carbocycles. The molecule has 0 spiro atoms. The van der Waals surface area contributed by atoms with Crippen molar-refractivity contribution in [2.75, 3.05) is 31.1 Å². The molecule has 1 saturated heterocycles. The van der Waals surface area contributed by atoms with Crippen LogP contribution in [0.15, 0.2) is 97.3 Å². The fourth-order valence-electron chi connectivity index (χ4n) is 4.20. The highest BCUT2D eigenvalue weighted by atomic mass is 15.3. The van der Waals surface area contributed by atoms with Crippen LogP contribution in [0.3, 0.4) is 0 Å².